The molecule has 9 amide bonds. The number of guanidine groups is 1. The Morgan fingerprint density at radius 3 is 1.62 bits per heavy atom. The number of unbranched alkanes of at least 4 members (excludes halogenated alkanes) is 1. The smallest absolute Gasteiger partial charge is 0.305 e. The van der Waals surface area contributed by atoms with Crippen molar-refractivity contribution < 1.29 is 57.8 Å². The van der Waals surface area contributed by atoms with Crippen molar-refractivity contribution in [3.05, 3.63) is 35.9 Å². The molecular formula is C49H82ClN13O12S3. The highest BCUT2D eigenvalue weighted by Gasteiger charge is 2.35. The van der Waals surface area contributed by atoms with Crippen LogP contribution in [0.25, 0.3) is 0 Å². The molecule has 1 rings (SSSR count). The van der Waals surface area contributed by atoms with Gasteiger partial charge in [0.25, 0.3) is 0 Å². The van der Waals surface area contributed by atoms with Crippen LogP contribution in [0.4, 0.5) is 0 Å². The van der Waals surface area contributed by atoms with Gasteiger partial charge < -0.3 is 74.5 Å². The number of amides is 9. The molecule has 440 valence electrons. The first-order chi connectivity index (χ1) is 36.6. The van der Waals surface area contributed by atoms with E-state index in [1.807, 2.05) is 41.5 Å². The number of nitrogens with one attached hydrogen (secondary N) is 11. The molecule has 0 bridgehead atoms. The van der Waals surface area contributed by atoms with E-state index in [9.17, 15) is 53.1 Å². The van der Waals surface area contributed by atoms with Crippen LogP contribution in [-0.4, -0.2) is 185 Å². The lowest BCUT2D eigenvalue weighted by molar-refractivity contribution is -0.141. The van der Waals surface area contributed by atoms with Crippen molar-refractivity contribution in [3.63, 3.8) is 0 Å². The Bertz CT molecular complexity index is 2140. The van der Waals surface area contributed by atoms with Crippen molar-refractivity contribution >= 4 is 113 Å². The number of thiol groups is 1. The molecule has 0 heterocycles. The largest absolute Gasteiger partial charge is 0.481 e. The second kappa shape index (κ2) is 37.3. The molecule has 16 N–H and O–H groups in total. The fraction of sp³-hybridized carbons (Fsp3) is 0.653. The molecule has 0 radical (unpaired) electrons. The van der Waals surface area contributed by atoms with Gasteiger partial charge in [0, 0.05) is 53.4 Å². The maximum absolute atomic E-state index is 14.2. The Labute approximate surface area is 475 Å². The summed E-state index contributed by atoms with van der Waals surface area (Å²) in [6, 6.07) is -0.606. The van der Waals surface area contributed by atoms with Gasteiger partial charge >= 0.3 is 5.97 Å². The molecule has 1 aromatic rings. The lowest BCUT2D eigenvalue weighted by atomic mass is 10.0. The van der Waals surface area contributed by atoms with Crippen LogP contribution in [-0.2, 0) is 59.1 Å². The standard InChI is InChI=1S/C49H82ClN13O12S3/c1-48(2,3)77-27-35(62-42(70)31(16-11-12-18-51)57-37(64)24-50)45(73)59-30(17-13-19-55-47(52)53)40(68)56-25-38(65)58-33(23-39(66)67)44(72)63-36(28-78-49(4,5)6)46(74)60-32(22-29-14-9-8-10-15-29)43(71)61-34(26-76)41(69)54-20-21-75-7/h8-10,14-15,30-36,76H,11-13,16-28,51H2,1-7H3,(H,54,69)(H,56,68)(H,57,64)(H,58,65)(H,59,73)(H,60,74)(H,61,71)(H,62,70)(H,63,72)(H,66,67)(H4,52,53,55)/t30-,31-,32-,33-,34?,35-,36?/m0/s1. The van der Waals surface area contributed by atoms with E-state index < -0.39 is 125 Å². The first-order valence-corrected chi connectivity index (χ1v) is 28.4. The number of hydrogen-bond acceptors (Lipinski definition) is 16. The van der Waals surface area contributed by atoms with Crippen molar-refractivity contribution in [3.8, 4) is 0 Å². The fourth-order valence-corrected chi connectivity index (χ4v) is 8.90. The number of carbonyl (C=O) groups excluding carboxylic acids is 9. The molecule has 78 heavy (non-hydrogen) atoms. The summed E-state index contributed by atoms with van der Waals surface area (Å²) in [4.78, 5) is 134. The molecule has 7 atom stereocenters. The zero-order chi connectivity index (χ0) is 59.0. The number of methoxy groups -OCH3 is 1. The quantitative estimate of drug-likeness (QED) is 0.0120. The third-order valence-electron chi connectivity index (χ3n) is 10.8. The Hall–Kier alpha value is -5.55. The number of ether oxygens (including phenoxy) is 1. The molecule has 1 aromatic carbocycles. The van der Waals surface area contributed by atoms with Crippen LogP contribution in [0.3, 0.4) is 0 Å². The summed E-state index contributed by atoms with van der Waals surface area (Å²) in [6.45, 7) is 11.2. The van der Waals surface area contributed by atoms with Gasteiger partial charge in [-0.3, -0.25) is 53.4 Å². The molecular weight excluding hydrogens is 1090 g/mol. The van der Waals surface area contributed by atoms with Crippen LogP contribution in [0.5, 0.6) is 0 Å². The van der Waals surface area contributed by atoms with Crippen molar-refractivity contribution in [2.24, 2.45) is 11.5 Å². The number of aliphatic carboxylic acids is 1. The molecule has 0 saturated heterocycles. The normalized spacial score (nSPS) is 14.0. The topological polar surface area (TPSA) is 396 Å². The number of benzene rings is 1. The predicted octanol–water partition coefficient (Wildman–Crippen LogP) is -1.40. The monoisotopic (exact) mass is 1180 g/mol. The van der Waals surface area contributed by atoms with Gasteiger partial charge in [0.2, 0.25) is 53.2 Å². The molecule has 2 unspecified atom stereocenters. The average Bonchev–Trinajstić information content (AvgIpc) is 3.36. The number of nitrogens with two attached hydrogens (primary N) is 2. The molecule has 0 aliphatic carbocycles. The lowest BCUT2D eigenvalue weighted by Crippen LogP contribution is -2.60. The van der Waals surface area contributed by atoms with E-state index in [2.05, 4.69) is 65.8 Å². The highest BCUT2D eigenvalue weighted by Crippen LogP contribution is 2.25. The van der Waals surface area contributed by atoms with Crippen LogP contribution >= 0.6 is 47.8 Å². The van der Waals surface area contributed by atoms with E-state index in [1.165, 1.54) is 30.6 Å². The maximum atomic E-state index is 14.2. The minimum absolute atomic E-state index is 0.0314. The van der Waals surface area contributed by atoms with Gasteiger partial charge in [-0.1, -0.05) is 71.9 Å². The van der Waals surface area contributed by atoms with Crippen molar-refractivity contribution in [1.82, 2.24) is 53.2 Å². The van der Waals surface area contributed by atoms with Gasteiger partial charge in [-0.05, 0) is 44.2 Å². The first-order valence-electron chi connectivity index (χ1n) is 25.3. The summed E-state index contributed by atoms with van der Waals surface area (Å²) in [5.74, 6) is -9.65. The van der Waals surface area contributed by atoms with Gasteiger partial charge in [-0.15, -0.1) is 11.6 Å². The van der Waals surface area contributed by atoms with Crippen LogP contribution in [0.1, 0.15) is 85.6 Å². The number of rotatable bonds is 37. The van der Waals surface area contributed by atoms with E-state index >= 15 is 0 Å². The predicted molar refractivity (Wildman–Crippen MR) is 305 cm³/mol. The summed E-state index contributed by atoms with van der Waals surface area (Å²) in [5.41, 5.74) is 11.7. The van der Waals surface area contributed by atoms with Crippen molar-refractivity contribution in [2.75, 3.05) is 63.0 Å². The number of thioether (sulfide) groups is 2. The van der Waals surface area contributed by atoms with Gasteiger partial charge in [0.15, 0.2) is 5.96 Å². The lowest BCUT2D eigenvalue weighted by Gasteiger charge is -2.28. The number of carboxylic acids is 1. The van der Waals surface area contributed by atoms with Crippen LogP contribution < -0.4 is 64.6 Å². The minimum Gasteiger partial charge on any atom is -0.481 e. The van der Waals surface area contributed by atoms with Crippen molar-refractivity contribution in [2.45, 2.75) is 138 Å². The van der Waals surface area contributed by atoms with E-state index in [0.717, 1.165) is 0 Å². The Morgan fingerprint density at radius 1 is 0.628 bits per heavy atom. The zero-order valence-corrected chi connectivity index (χ0v) is 48.8. The second-order valence-corrected chi connectivity index (χ2v) is 24.1. The van der Waals surface area contributed by atoms with E-state index in [-0.39, 0.29) is 73.3 Å². The number of halogens is 1. The van der Waals surface area contributed by atoms with Gasteiger partial charge in [-0.2, -0.15) is 36.2 Å². The zero-order valence-electron chi connectivity index (χ0n) is 45.5. The SMILES string of the molecule is COCCNC(=O)C(CS)NC(=O)[C@H](Cc1ccccc1)NC(=O)C(CSC(C)(C)C)NC(=O)[C@H](CC(=O)O)NC(=O)CNC(=O)[C@H](CCCNC(=N)N)NC(=O)[C@H](CSC(C)(C)C)NC(=O)[C@H](CCCCN)NC(=O)CCl. The molecule has 29 heteroatoms. The second-order valence-electron chi connectivity index (χ2n) is 19.8. The third kappa shape index (κ3) is 31.1. The summed E-state index contributed by atoms with van der Waals surface area (Å²) in [6.07, 6.45) is 0.299. The maximum Gasteiger partial charge on any atom is 0.305 e. The molecule has 25 nitrogen and oxygen atoms in total. The number of hydrogen-bond donors (Lipinski definition) is 15. The average molecular weight is 1180 g/mol. The molecule has 0 aromatic heterocycles. The van der Waals surface area contributed by atoms with E-state index in [0.29, 0.717) is 24.9 Å². The molecule has 0 aliphatic rings. The van der Waals surface area contributed by atoms with E-state index in [4.69, 9.17) is 33.2 Å². The first kappa shape index (κ1) is 70.5. The van der Waals surface area contributed by atoms with E-state index in [1.54, 1.807) is 30.3 Å². The fourth-order valence-electron chi connectivity index (χ4n) is 6.76. The number of carbonyl (C=O) groups is 10. The summed E-state index contributed by atoms with van der Waals surface area (Å²) in [5, 5.41) is 43.0. The highest BCUT2D eigenvalue weighted by molar-refractivity contribution is 8.00. The Balaban J connectivity index is 3.45. The summed E-state index contributed by atoms with van der Waals surface area (Å²) in [7, 11) is 1.46. The van der Waals surface area contributed by atoms with Gasteiger partial charge in [0.05, 0.1) is 19.6 Å². The van der Waals surface area contributed by atoms with Gasteiger partial charge in [-0.25, -0.2) is 0 Å². The minimum atomic E-state index is -1.80. The molecule has 0 spiro atoms. The van der Waals surface area contributed by atoms with Crippen molar-refractivity contribution in [1.29, 1.82) is 5.41 Å². The molecule has 0 saturated carbocycles. The summed E-state index contributed by atoms with van der Waals surface area (Å²) < 4.78 is 4.12. The van der Waals surface area contributed by atoms with Crippen LogP contribution in [0, 0.1) is 5.41 Å². The number of carboxylic acid groups (broad SMARTS) is 1. The number of alkyl halides is 1. The molecule has 0 aliphatic heterocycles. The van der Waals surface area contributed by atoms with Crippen LogP contribution in [0.15, 0.2) is 30.3 Å². The Kier molecular flexibility index (Phi) is 33.7. The summed E-state index contributed by atoms with van der Waals surface area (Å²) >= 11 is 12.5. The highest BCUT2D eigenvalue weighted by atomic mass is 35.5. The van der Waals surface area contributed by atoms with Gasteiger partial charge in [0.1, 0.15) is 48.2 Å². The van der Waals surface area contributed by atoms with Crippen LogP contribution in [0.2, 0.25) is 0 Å². The third-order valence-corrected chi connectivity index (χ3v) is 14.1. The molecule has 0 fully saturated rings. The Morgan fingerprint density at radius 2 is 1.10 bits per heavy atom.